The first-order valence-electron chi connectivity index (χ1n) is 8.85. The molecule has 0 aliphatic rings. The third kappa shape index (κ3) is 7.39. The number of carbonyl (C=O) groups is 1. The zero-order valence-electron chi connectivity index (χ0n) is 16.1. The molecule has 0 aliphatic carbocycles. The topological polar surface area (TPSA) is 124 Å². The minimum absolute atomic E-state index is 0.161. The van der Waals surface area contributed by atoms with Crippen molar-refractivity contribution in [2.45, 2.75) is 26.8 Å². The lowest BCUT2D eigenvalue weighted by atomic mass is 10.1. The van der Waals surface area contributed by atoms with Gasteiger partial charge in [-0.3, -0.25) is 9.52 Å². The molecule has 0 saturated heterocycles. The van der Waals surface area contributed by atoms with Gasteiger partial charge in [0.2, 0.25) is 15.2 Å². The summed E-state index contributed by atoms with van der Waals surface area (Å²) in [6.07, 6.45) is 3.55. The van der Waals surface area contributed by atoms with Crippen molar-refractivity contribution in [1.29, 1.82) is 0 Å². The van der Waals surface area contributed by atoms with Gasteiger partial charge < -0.3 is 10.5 Å². The molecule has 0 amide bonds. The number of hydrogen-bond donors (Lipinski definition) is 2. The summed E-state index contributed by atoms with van der Waals surface area (Å²) < 4.78 is 32.0. The third-order valence-electron chi connectivity index (χ3n) is 3.71. The summed E-state index contributed by atoms with van der Waals surface area (Å²) in [7, 11) is -3.64. The minimum Gasteiger partial charge on any atom is -0.465 e. The molecular weight excluding hydrogens is 436 g/mol. The van der Waals surface area contributed by atoms with Gasteiger partial charge >= 0.3 is 5.97 Å². The predicted octanol–water partition coefficient (Wildman–Crippen LogP) is 2.85. The maximum absolute atomic E-state index is 12.3. The first kappa shape index (κ1) is 23.3. The van der Waals surface area contributed by atoms with Gasteiger partial charge in [0.1, 0.15) is 5.01 Å². The molecule has 8 nitrogen and oxygen atoms in total. The number of nitrogens with one attached hydrogen (secondary N) is 1. The summed E-state index contributed by atoms with van der Waals surface area (Å²) in [5.41, 5.74) is 7.21. The molecule has 0 fully saturated rings. The Labute approximate surface area is 179 Å². The van der Waals surface area contributed by atoms with Crippen molar-refractivity contribution >= 4 is 50.1 Å². The first-order valence-corrected chi connectivity index (χ1v) is 11.7. The lowest BCUT2D eigenvalue weighted by molar-refractivity contribution is -0.147. The summed E-state index contributed by atoms with van der Waals surface area (Å²) in [5, 5.41) is 8.99. The Morgan fingerprint density at radius 3 is 2.83 bits per heavy atom. The van der Waals surface area contributed by atoms with E-state index in [2.05, 4.69) is 14.9 Å². The summed E-state index contributed by atoms with van der Waals surface area (Å²) in [6, 6.07) is 5.32. The van der Waals surface area contributed by atoms with Gasteiger partial charge in [-0.1, -0.05) is 61.1 Å². The average molecular weight is 459 g/mol. The summed E-state index contributed by atoms with van der Waals surface area (Å²) in [6.45, 7) is 3.92. The van der Waals surface area contributed by atoms with E-state index in [-0.39, 0.29) is 35.9 Å². The van der Waals surface area contributed by atoms with E-state index in [4.69, 9.17) is 22.1 Å². The molecule has 0 radical (unpaired) electrons. The normalized spacial score (nSPS) is 11.9. The molecule has 1 heterocycles. The summed E-state index contributed by atoms with van der Waals surface area (Å²) >= 11 is 7.19. The van der Waals surface area contributed by atoms with Gasteiger partial charge in [0.05, 0.1) is 18.3 Å². The molecule has 0 unspecified atom stereocenters. The lowest BCUT2D eigenvalue weighted by Gasteiger charge is -2.06. The van der Waals surface area contributed by atoms with E-state index in [0.29, 0.717) is 16.5 Å². The zero-order valence-corrected chi connectivity index (χ0v) is 18.5. The van der Waals surface area contributed by atoms with Gasteiger partial charge in [0.25, 0.3) is 0 Å². The number of aromatic nitrogens is 2. The van der Waals surface area contributed by atoms with Crippen molar-refractivity contribution < 1.29 is 17.9 Å². The Kier molecular flexibility index (Phi) is 8.57. The van der Waals surface area contributed by atoms with Crippen LogP contribution < -0.4 is 10.5 Å². The van der Waals surface area contributed by atoms with Gasteiger partial charge in [0, 0.05) is 18.0 Å². The maximum atomic E-state index is 12.3. The Morgan fingerprint density at radius 2 is 2.14 bits per heavy atom. The molecule has 0 atom stereocenters. The van der Waals surface area contributed by atoms with Gasteiger partial charge in [-0.15, -0.1) is 10.2 Å². The molecule has 1 aromatic heterocycles. The molecule has 29 heavy (non-hydrogen) atoms. The molecule has 0 aliphatic heterocycles. The van der Waals surface area contributed by atoms with Crippen LogP contribution in [0.15, 0.2) is 24.3 Å². The number of carbonyl (C=O) groups excluding carboxylic acids is 1. The Morgan fingerprint density at radius 1 is 1.38 bits per heavy atom. The van der Waals surface area contributed by atoms with Crippen LogP contribution in [-0.4, -0.2) is 36.9 Å². The fraction of sp³-hybridized carbons (Fsp3) is 0.389. The van der Waals surface area contributed by atoms with E-state index in [1.165, 1.54) is 6.08 Å². The van der Waals surface area contributed by atoms with Crippen LogP contribution in [0.5, 0.6) is 0 Å². The fourth-order valence-electron chi connectivity index (χ4n) is 2.22. The summed E-state index contributed by atoms with van der Waals surface area (Å²) in [4.78, 5) is 11.4. The molecule has 2 rings (SSSR count). The van der Waals surface area contributed by atoms with Gasteiger partial charge in [-0.2, -0.15) is 0 Å². The molecule has 1 aromatic carbocycles. The van der Waals surface area contributed by atoms with Crippen LogP contribution >= 0.6 is 22.9 Å². The van der Waals surface area contributed by atoms with Crippen molar-refractivity contribution in [1.82, 2.24) is 10.2 Å². The summed E-state index contributed by atoms with van der Waals surface area (Å²) in [5.74, 6) is -0.739. The van der Waals surface area contributed by atoms with E-state index >= 15 is 0 Å². The van der Waals surface area contributed by atoms with E-state index in [9.17, 15) is 13.2 Å². The largest absolute Gasteiger partial charge is 0.465 e. The molecule has 0 saturated carbocycles. The van der Waals surface area contributed by atoms with Crippen molar-refractivity contribution in [3.63, 3.8) is 0 Å². The van der Waals surface area contributed by atoms with Gasteiger partial charge in [-0.05, 0) is 17.2 Å². The Bertz CT molecular complexity index is 974. The predicted molar refractivity (Wildman–Crippen MR) is 115 cm³/mol. The van der Waals surface area contributed by atoms with Crippen LogP contribution in [-0.2, 0) is 32.5 Å². The highest BCUT2D eigenvalue weighted by Crippen LogP contribution is 2.21. The average Bonchev–Trinajstić information content (AvgIpc) is 3.08. The van der Waals surface area contributed by atoms with E-state index in [1.807, 2.05) is 6.07 Å². The zero-order chi connectivity index (χ0) is 21.4. The molecule has 0 spiro atoms. The highest BCUT2D eigenvalue weighted by atomic mass is 35.5. The number of nitrogens with two attached hydrogens (primary N) is 1. The highest BCUT2D eigenvalue weighted by Gasteiger charge is 2.14. The number of rotatable bonds is 10. The van der Waals surface area contributed by atoms with Gasteiger partial charge in [-0.25, -0.2) is 8.42 Å². The highest BCUT2D eigenvalue weighted by molar-refractivity contribution is 7.93. The number of nitrogens with zero attached hydrogens (tertiary/aromatic N) is 2. The number of anilines is 1. The number of esters is 1. The molecule has 3 N–H and O–H groups in total. The number of ether oxygens (including phenoxy) is 1. The van der Waals surface area contributed by atoms with Crippen LogP contribution in [0.2, 0.25) is 5.02 Å². The SMILES string of the molecule is CC(C)C(=O)OCCc1nnc(NS(=O)(=O)CC=Cc2cccc(Cl)c2CN)s1. The fourth-order valence-corrected chi connectivity index (χ4v) is 4.34. The smallest absolute Gasteiger partial charge is 0.308 e. The number of benzene rings is 1. The van der Waals surface area contributed by atoms with Crippen molar-refractivity contribution in [3.8, 4) is 0 Å². The van der Waals surface area contributed by atoms with Crippen LogP contribution in [0.25, 0.3) is 6.08 Å². The molecule has 0 bridgehead atoms. The lowest BCUT2D eigenvalue weighted by Crippen LogP contribution is -2.15. The third-order valence-corrected chi connectivity index (χ3v) is 6.23. The van der Waals surface area contributed by atoms with Crippen LogP contribution in [0.4, 0.5) is 5.13 Å². The minimum atomic E-state index is -3.64. The molecular formula is C18H23ClN4O4S2. The van der Waals surface area contributed by atoms with Crippen molar-refractivity contribution in [2.75, 3.05) is 17.1 Å². The monoisotopic (exact) mass is 458 g/mol. The van der Waals surface area contributed by atoms with Gasteiger partial charge in [0.15, 0.2) is 0 Å². The number of hydrogen-bond acceptors (Lipinski definition) is 8. The molecule has 2 aromatic rings. The second kappa shape index (κ2) is 10.7. The van der Waals surface area contributed by atoms with E-state index in [1.54, 1.807) is 32.1 Å². The van der Waals surface area contributed by atoms with E-state index in [0.717, 1.165) is 22.5 Å². The van der Waals surface area contributed by atoms with Crippen LogP contribution in [0.1, 0.15) is 30.0 Å². The first-order chi connectivity index (χ1) is 13.7. The molecule has 11 heteroatoms. The second-order valence-electron chi connectivity index (χ2n) is 6.37. The maximum Gasteiger partial charge on any atom is 0.308 e. The Balaban J connectivity index is 1.91. The van der Waals surface area contributed by atoms with Crippen molar-refractivity contribution in [3.05, 3.63) is 45.4 Å². The number of sulfonamides is 1. The number of halogens is 1. The standard InChI is InChI=1S/C18H23ClN4O4S2/c1-12(2)17(24)27-9-8-16-21-22-18(28-16)23-29(25,26)10-4-6-13-5-3-7-15(19)14(13)11-20/h3-7,12H,8-11,20H2,1-2H3,(H,22,23). The second-order valence-corrected chi connectivity index (χ2v) is 9.61. The van der Waals surface area contributed by atoms with Crippen LogP contribution in [0.3, 0.4) is 0 Å². The quantitative estimate of drug-likeness (QED) is 0.524. The van der Waals surface area contributed by atoms with Crippen molar-refractivity contribution in [2.24, 2.45) is 11.7 Å². The Hall–Kier alpha value is -2.01. The van der Waals surface area contributed by atoms with Crippen LogP contribution in [0, 0.1) is 5.92 Å². The molecule has 158 valence electrons. The van der Waals surface area contributed by atoms with E-state index < -0.39 is 10.0 Å².